The number of rotatable bonds is 0. The molecular weight excluding hydrogens is 432 g/mol. The van der Waals surface area contributed by atoms with Crippen LogP contribution in [0.3, 0.4) is 0 Å². The molecule has 0 saturated heterocycles. The monoisotopic (exact) mass is 464 g/mol. The second-order valence-electron chi connectivity index (χ2n) is 6.76. The normalized spacial score (nSPS) is 11.2. The van der Waals surface area contributed by atoms with Crippen molar-refractivity contribution in [2.75, 3.05) is 0 Å². The van der Waals surface area contributed by atoms with Crippen LogP contribution in [0.4, 0.5) is 0 Å². The summed E-state index contributed by atoms with van der Waals surface area (Å²) in [7, 11) is 0. The molecule has 0 atom stereocenters. The molecule has 4 rings (SSSR count). The van der Waals surface area contributed by atoms with E-state index in [2.05, 4.69) is 51.2 Å². The molecule has 0 bridgehead atoms. The summed E-state index contributed by atoms with van der Waals surface area (Å²) < 4.78 is 1.71. The molecular formula is C27H32O2SiTi-4. The summed E-state index contributed by atoms with van der Waals surface area (Å²) in [6.07, 6.45) is 20.2. The first-order chi connectivity index (χ1) is 14.9. The molecule has 2 aliphatic carbocycles. The van der Waals surface area contributed by atoms with E-state index in [1.54, 1.807) is 28.1 Å². The Balaban J connectivity index is 0.000000365. The first-order valence-electron chi connectivity index (χ1n) is 10.2. The van der Waals surface area contributed by atoms with Crippen LogP contribution in [0.15, 0.2) is 97.1 Å². The van der Waals surface area contributed by atoms with Gasteiger partial charge in [0.1, 0.15) is 0 Å². The predicted octanol–water partition coefficient (Wildman–Crippen LogP) is 5.66. The minimum Gasteiger partial charge on any atom is -0.872 e. The molecule has 0 aliphatic heterocycles. The molecule has 2 aromatic carbocycles. The van der Waals surface area contributed by atoms with Crippen LogP contribution in [0.1, 0.15) is 26.7 Å². The Morgan fingerprint density at radius 1 is 0.742 bits per heavy atom. The third-order valence-electron chi connectivity index (χ3n) is 3.16. The molecule has 2 aliphatic rings. The summed E-state index contributed by atoms with van der Waals surface area (Å²) in [5.74, 6) is 0.144. The number of benzene rings is 2. The molecule has 4 heteroatoms. The average molecular weight is 465 g/mol. The third-order valence-corrected chi connectivity index (χ3v) is 8.84. The van der Waals surface area contributed by atoms with Crippen molar-refractivity contribution in [3.63, 3.8) is 0 Å². The summed E-state index contributed by atoms with van der Waals surface area (Å²) in [5.41, 5.74) is 0. The van der Waals surface area contributed by atoms with Gasteiger partial charge in [-0.3, -0.25) is 12.2 Å². The summed E-state index contributed by atoms with van der Waals surface area (Å²) in [6, 6.07) is 16.7. The first kappa shape index (κ1) is 28.8. The van der Waals surface area contributed by atoms with E-state index in [0.717, 1.165) is 12.8 Å². The van der Waals surface area contributed by atoms with Gasteiger partial charge in [0.2, 0.25) is 0 Å². The van der Waals surface area contributed by atoms with Crippen molar-refractivity contribution in [2.45, 2.75) is 39.8 Å². The molecule has 2 aromatic rings. The summed E-state index contributed by atoms with van der Waals surface area (Å²) in [5, 5.41) is 20.5. The molecule has 164 valence electrons. The van der Waals surface area contributed by atoms with Crippen molar-refractivity contribution < 1.29 is 27.6 Å². The van der Waals surface area contributed by atoms with Gasteiger partial charge in [0.15, 0.2) is 0 Å². The maximum Gasteiger partial charge on any atom is -0.0623 e. The summed E-state index contributed by atoms with van der Waals surface area (Å²) in [6.45, 7) is 9.32. The molecule has 0 fully saturated rings. The van der Waals surface area contributed by atoms with E-state index in [1.807, 2.05) is 36.4 Å². The Morgan fingerprint density at radius 3 is 1.23 bits per heavy atom. The van der Waals surface area contributed by atoms with Gasteiger partial charge in [-0.2, -0.15) is 12.2 Å². The zero-order valence-corrected chi connectivity index (χ0v) is 21.5. The van der Waals surface area contributed by atoms with Gasteiger partial charge in [-0.05, 0) is 0 Å². The predicted molar refractivity (Wildman–Crippen MR) is 129 cm³/mol. The van der Waals surface area contributed by atoms with E-state index < -0.39 is 0 Å². The van der Waals surface area contributed by atoms with Crippen molar-refractivity contribution in [3.8, 4) is 11.5 Å². The third kappa shape index (κ3) is 23.9. The molecule has 0 spiro atoms. The SMILES string of the molecule is C[C](C)=[Ti]=[Si](C)C.[C-]1=CC=CC1.[C-]1=CC=CC1.[O-]c1ccccc1.[O-]c1ccccc1. The summed E-state index contributed by atoms with van der Waals surface area (Å²) in [4.78, 5) is 0. The second-order valence-corrected chi connectivity index (χ2v) is 16.4. The van der Waals surface area contributed by atoms with Crippen molar-refractivity contribution >= 4 is 10.00 Å². The van der Waals surface area contributed by atoms with E-state index in [-0.39, 0.29) is 17.7 Å². The van der Waals surface area contributed by atoms with Gasteiger partial charge in [-0.15, -0.1) is 24.3 Å². The first-order valence-corrected chi connectivity index (χ1v) is 15.8. The van der Waals surface area contributed by atoms with Crippen LogP contribution < -0.4 is 10.2 Å². The fraction of sp³-hybridized carbons (Fsp3) is 0.222. The minimum atomic E-state index is 0.0718. The Hall–Kier alpha value is -2.20. The van der Waals surface area contributed by atoms with Crippen molar-refractivity contribution in [2.24, 2.45) is 0 Å². The molecule has 2 nitrogen and oxygen atoms in total. The standard InChI is InChI=1S/2C6H6O.2C5H5.C3H6.C2H6Si.Ti/c2*7-6-4-2-1-3-5-6;2*1-2-4-5-3-1;2*1-3-2;/h2*1-5,7H;2*1-3H,4H2;2*1-2H3;/q;;2*-1;;;/p-2. The van der Waals surface area contributed by atoms with Crippen LogP contribution in [0.25, 0.3) is 0 Å². The smallest absolute Gasteiger partial charge is 0.0623 e. The van der Waals surface area contributed by atoms with Gasteiger partial charge in [-0.1, -0.05) is 60.7 Å². The van der Waals surface area contributed by atoms with Crippen molar-refractivity contribution in [3.05, 3.63) is 109 Å². The van der Waals surface area contributed by atoms with E-state index in [9.17, 15) is 10.2 Å². The molecule has 0 radical (unpaired) electrons. The van der Waals surface area contributed by atoms with Gasteiger partial charge in [0.05, 0.1) is 0 Å². The number of para-hydroxylation sites is 2. The molecule has 0 aromatic heterocycles. The van der Waals surface area contributed by atoms with Crippen LogP contribution in [0.5, 0.6) is 11.5 Å². The maximum atomic E-state index is 10.3. The van der Waals surface area contributed by atoms with Gasteiger partial charge >= 0.3 is 54.4 Å². The van der Waals surface area contributed by atoms with Crippen LogP contribution in [-0.4, -0.2) is 10.00 Å². The largest absolute Gasteiger partial charge is 0.872 e. The Bertz CT molecular complexity index is 776. The molecule has 0 heterocycles. The van der Waals surface area contributed by atoms with Gasteiger partial charge in [0.25, 0.3) is 0 Å². The van der Waals surface area contributed by atoms with E-state index in [1.165, 1.54) is 24.3 Å². The molecule has 31 heavy (non-hydrogen) atoms. The Labute approximate surface area is 197 Å². The number of hydrogen-bond donors (Lipinski definition) is 0. The molecule has 0 amide bonds. The second kappa shape index (κ2) is 21.0. The zero-order valence-electron chi connectivity index (χ0n) is 19.0. The quantitative estimate of drug-likeness (QED) is 0.373. The molecule has 0 unspecified atom stereocenters. The fourth-order valence-corrected chi connectivity index (χ4v) is 7.71. The Kier molecular flexibility index (Phi) is 19.6. The van der Waals surface area contributed by atoms with Gasteiger partial charge < -0.3 is 10.2 Å². The van der Waals surface area contributed by atoms with Gasteiger partial charge in [-0.25, -0.2) is 24.3 Å². The topological polar surface area (TPSA) is 46.1 Å². The van der Waals surface area contributed by atoms with Crippen LogP contribution in [0, 0.1) is 12.2 Å². The average Bonchev–Trinajstić information content (AvgIpc) is 3.48. The maximum absolute atomic E-state index is 10.3. The fourth-order valence-electron chi connectivity index (χ4n) is 2.02. The number of hydrogen-bond acceptors (Lipinski definition) is 2. The number of allylic oxidation sites excluding steroid dienone is 8. The van der Waals surface area contributed by atoms with E-state index in [0.29, 0.717) is 17.4 Å². The van der Waals surface area contributed by atoms with Crippen LogP contribution in [0.2, 0.25) is 13.1 Å². The Morgan fingerprint density at radius 2 is 1.13 bits per heavy atom. The zero-order chi connectivity index (χ0) is 23.2. The van der Waals surface area contributed by atoms with Crippen LogP contribution >= 0.6 is 0 Å². The van der Waals surface area contributed by atoms with E-state index >= 15 is 0 Å². The van der Waals surface area contributed by atoms with Gasteiger partial charge in [0, 0.05) is 0 Å². The van der Waals surface area contributed by atoms with E-state index in [4.69, 9.17) is 0 Å². The van der Waals surface area contributed by atoms with Crippen LogP contribution in [-0.2, 0) is 17.4 Å². The molecule has 0 N–H and O–H groups in total. The van der Waals surface area contributed by atoms with Crippen molar-refractivity contribution in [1.29, 1.82) is 0 Å². The summed E-state index contributed by atoms with van der Waals surface area (Å²) >= 11 is 0.407. The minimum absolute atomic E-state index is 0.0718. The molecule has 0 saturated carbocycles. The van der Waals surface area contributed by atoms with Crippen molar-refractivity contribution in [1.82, 2.24) is 0 Å².